The molecule has 1 saturated heterocycles. The van der Waals surface area contributed by atoms with Crippen LogP contribution in [-0.2, 0) is 34.3 Å². The standard InChI is InChI=1S/C31H31F3N6O5S/c1-6-9-22-27-28(39(5)38-22)30(42)37-29(36-27)19-15-18(11-13-24(19)45-8-3)46(43,44)25-16-26(41)40(23(25)7-2)17-10-12-21(35-4)20(14-17)31(32,33)34/h10-15,23,25H,6-9,16H2,1-3,5H3,(H,36,37,42). The molecule has 1 N–H and O–H groups in total. The molecule has 15 heteroatoms. The number of amides is 1. The lowest BCUT2D eigenvalue weighted by atomic mass is 10.1. The largest absolute Gasteiger partial charge is 0.493 e. The molecule has 11 nitrogen and oxygen atoms in total. The number of hydrogen-bond acceptors (Lipinski definition) is 7. The van der Waals surface area contributed by atoms with Gasteiger partial charge in [-0.15, -0.1) is 0 Å². The highest BCUT2D eigenvalue weighted by atomic mass is 32.2. The second-order valence-electron chi connectivity index (χ2n) is 10.9. The Morgan fingerprint density at radius 3 is 2.50 bits per heavy atom. The van der Waals surface area contributed by atoms with Gasteiger partial charge in [-0.1, -0.05) is 26.3 Å². The summed E-state index contributed by atoms with van der Waals surface area (Å²) in [5, 5.41) is 3.13. The molecule has 0 spiro atoms. The zero-order valence-electron chi connectivity index (χ0n) is 25.5. The molecule has 46 heavy (non-hydrogen) atoms. The van der Waals surface area contributed by atoms with Gasteiger partial charge in [-0.3, -0.25) is 14.3 Å². The third-order valence-electron chi connectivity index (χ3n) is 7.99. The predicted molar refractivity (Wildman–Crippen MR) is 165 cm³/mol. The first kappa shape index (κ1) is 32.7. The number of sulfone groups is 1. The molecule has 1 amide bonds. The van der Waals surface area contributed by atoms with Crippen LogP contribution in [0, 0.1) is 6.57 Å². The van der Waals surface area contributed by atoms with Gasteiger partial charge in [0.15, 0.2) is 21.0 Å². The van der Waals surface area contributed by atoms with Crippen molar-refractivity contribution in [2.75, 3.05) is 11.5 Å². The zero-order chi connectivity index (χ0) is 33.6. The van der Waals surface area contributed by atoms with Crippen LogP contribution >= 0.6 is 0 Å². The SMILES string of the molecule is [C-]#[N+]c1ccc(N2C(=O)CC(S(=O)(=O)c3ccc(OCC)c(-c4nc5c(CCC)nn(C)c5c(=O)[nH]4)c3)C2CC)cc1C(F)(F)F. The highest BCUT2D eigenvalue weighted by molar-refractivity contribution is 7.92. The van der Waals surface area contributed by atoms with E-state index in [1.807, 2.05) is 6.92 Å². The van der Waals surface area contributed by atoms with Crippen molar-refractivity contribution in [2.24, 2.45) is 7.05 Å². The first-order valence-corrected chi connectivity index (χ1v) is 16.2. The summed E-state index contributed by atoms with van der Waals surface area (Å²) < 4.78 is 76.7. The number of rotatable bonds is 9. The van der Waals surface area contributed by atoms with Crippen LogP contribution in [0.2, 0.25) is 0 Å². The van der Waals surface area contributed by atoms with Crippen LogP contribution in [0.15, 0.2) is 46.1 Å². The van der Waals surface area contributed by atoms with Crippen LogP contribution in [0.25, 0.3) is 27.3 Å². The maximum atomic E-state index is 14.2. The van der Waals surface area contributed by atoms with Crippen LogP contribution in [0.3, 0.4) is 0 Å². The number of nitrogens with zero attached hydrogens (tertiary/aromatic N) is 5. The van der Waals surface area contributed by atoms with Gasteiger partial charge in [-0.2, -0.15) is 18.3 Å². The number of ether oxygens (including phenoxy) is 1. The summed E-state index contributed by atoms with van der Waals surface area (Å²) in [6.07, 6.45) is -3.87. The lowest BCUT2D eigenvalue weighted by Crippen LogP contribution is -2.39. The highest BCUT2D eigenvalue weighted by Crippen LogP contribution is 2.42. The molecule has 1 aliphatic rings. The van der Waals surface area contributed by atoms with Crippen molar-refractivity contribution in [3.63, 3.8) is 0 Å². The number of H-pyrrole nitrogens is 1. The number of hydrogen-bond donors (Lipinski definition) is 1. The maximum absolute atomic E-state index is 14.2. The lowest BCUT2D eigenvalue weighted by molar-refractivity contribution is -0.136. The number of halogens is 3. The van der Waals surface area contributed by atoms with E-state index in [0.717, 1.165) is 17.4 Å². The first-order chi connectivity index (χ1) is 21.8. The number of anilines is 1. The summed E-state index contributed by atoms with van der Waals surface area (Å²) in [7, 11) is -2.64. The summed E-state index contributed by atoms with van der Waals surface area (Å²) in [4.78, 5) is 37.6. The third-order valence-corrected chi connectivity index (χ3v) is 10.2. The quantitative estimate of drug-likeness (QED) is 0.232. The van der Waals surface area contributed by atoms with Crippen molar-refractivity contribution < 1.29 is 31.1 Å². The minimum Gasteiger partial charge on any atom is -0.493 e. The molecule has 5 rings (SSSR count). The number of fused-ring (bicyclic) bond motifs is 1. The van der Waals surface area contributed by atoms with Crippen LogP contribution in [-0.4, -0.2) is 52.0 Å². The lowest BCUT2D eigenvalue weighted by Gasteiger charge is -2.28. The average Bonchev–Trinajstić information content (AvgIpc) is 3.52. The van der Waals surface area contributed by atoms with Gasteiger partial charge < -0.3 is 14.6 Å². The normalized spacial score (nSPS) is 17.1. The molecule has 3 heterocycles. The second kappa shape index (κ2) is 12.2. The number of carbonyl (C=O) groups excluding carboxylic acids is 1. The highest BCUT2D eigenvalue weighted by Gasteiger charge is 2.47. The van der Waals surface area contributed by atoms with Gasteiger partial charge >= 0.3 is 6.18 Å². The summed E-state index contributed by atoms with van der Waals surface area (Å²) in [5.41, 5.74) is -0.991. The van der Waals surface area contributed by atoms with Crippen molar-refractivity contribution in [2.45, 2.75) is 68.8 Å². The van der Waals surface area contributed by atoms with Gasteiger partial charge in [0, 0.05) is 19.2 Å². The van der Waals surface area contributed by atoms with Crippen molar-refractivity contribution in [3.05, 3.63) is 69.4 Å². The van der Waals surface area contributed by atoms with Gasteiger partial charge in [-0.05, 0) is 50.1 Å². The molecule has 1 aliphatic heterocycles. The fourth-order valence-corrected chi connectivity index (χ4v) is 7.94. The fourth-order valence-electron chi connectivity index (χ4n) is 5.96. The van der Waals surface area contributed by atoms with Crippen molar-refractivity contribution >= 4 is 38.2 Å². The monoisotopic (exact) mass is 656 g/mol. The summed E-state index contributed by atoms with van der Waals surface area (Å²) in [6, 6.07) is 6.02. The van der Waals surface area contributed by atoms with Gasteiger partial charge in [-0.25, -0.2) is 18.2 Å². The minimum atomic E-state index is -4.85. The van der Waals surface area contributed by atoms with Crippen molar-refractivity contribution in [1.29, 1.82) is 0 Å². The Labute approximate surface area is 262 Å². The molecule has 2 atom stereocenters. The Morgan fingerprint density at radius 1 is 1.13 bits per heavy atom. The Morgan fingerprint density at radius 2 is 1.87 bits per heavy atom. The number of aromatic amines is 1. The first-order valence-electron chi connectivity index (χ1n) is 14.6. The second-order valence-corrected chi connectivity index (χ2v) is 13.0. The topological polar surface area (TPSA) is 132 Å². The molecular formula is C31H31F3N6O5S. The van der Waals surface area contributed by atoms with Crippen molar-refractivity contribution in [3.8, 4) is 17.1 Å². The molecule has 2 aromatic heterocycles. The van der Waals surface area contributed by atoms with E-state index in [9.17, 15) is 31.2 Å². The fraction of sp³-hybridized carbons (Fsp3) is 0.387. The Kier molecular flexibility index (Phi) is 8.69. The molecule has 2 unspecified atom stereocenters. The van der Waals surface area contributed by atoms with Gasteiger partial charge in [0.25, 0.3) is 5.56 Å². The van der Waals surface area contributed by atoms with E-state index in [-0.39, 0.29) is 46.3 Å². The molecule has 0 radical (unpaired) electrons. The maximum Gasteiger partial charge on any atom is 0.407 e. The molecular weight excluding hydrogens is 625 g/mol. The van der Waals surface area contributed by atoms with Crippen LogP contribution in [0.4, 0.5) is 24.5 Å². The Balaban J connectivity index is 1.60. The third kappa shape index (κ3) is 5.61. The average molecular weight is 657 g/mol. The zero-order valence-corrected chi connectivity index (χ0v) is 26.3. The van der Waals surface area contributed by atoms with Gasteiger partial charge in [0.05, 0.1) is 46.2 Å². The predicted octanol–water partition coefficient (Wildman–Crippen LogP) is 5.60. The van der Waals surface area contributed by atoms with E-state index in [1.54, 1.807) is 20.9 Å². The van der Waals surface area contributed by atoms with Crippen molar-refractivity contribution in [1.82, 2.24) is 19.7 Å². The molecule has 0 aliphatic carbocycles. The number of alkyl halides is 3. The van der Waals surface area contributed by atoms with E-state index >= 15 is 0 Å². The molecule has 0 saturated carbocycles. The molecule has 2 aromatic carbocycles. The van der Waals surface area contributed by atoms with E-state index in [1.165, 1.54) is 28.9 Å². The Bertz CT molecular complexity index is 2050. The van der Waals surface area contributed by atoms with Crippen LogP contribution in [0.5, 0.6) is 5.75 Å². The summed E-state index contributed by atoms with van der Waals surface area (Å²) in [5.74, 6) is -0.327. The summed E-state index contributed by atoms with van der Waals surface area (Å²) >= 11 is 0. The molecule has 242 valence electrons. The molecule has 0 bridgehead atoms. The smallest absolute Gasteiger partial charge is 0.407 e. The molecule has 4 aromatic rings. The van der Waals surface area contributed by atoms with E-state index in [4.69, 9.17) is 11.3 Å². The van der Waals surface area contributed by atoms with E-state index in [2.05, 4.69) is 19.9 Å². The molecule has 1 fully saturated rings. The van der Waals surface area contributed by atoms with Gasteiger partial charge in [0.1, 0.15) is 17.1 Å². The Hall–Kier alpha value is -4.71. The van der Waals surface area contributed by atoms with E-state index in [0.29, 0.717) is 23.7 Å². The number of benzene rings is 2. The van der Waals surface area contributed by atoms with Crippen LogP contribution in [0.1, 0.15) is 51.3 Å². The summed E-state index contributed by atoms with van der Waals surface area (Å²) in [6.45, 7) is 12.7. The number of aromatic nitrogens is 4. The van der Waals surface area contributed by atoms with Gasteiger partial charge in [0.2, 0.25) is 5.91 Å². The number of nitrogens with one attached hydrogen (secondary N) is 1. The minimum absolute atomic E-state index is 0.0686. The van der Waals surface area contributed by atoms with E-state index < -0.39 is 56.4 Å². The number of aryl methyl sites for hydroxylation is 2. The van der Waals surface area contributed by atoms with Crippen LogP contribution < -0.4 is 15.2 Å². The number of carbonyl (C=O) groups is 1.